The topological polar surface area (TPSA) is 117 Å². The molecule has 0 radical (unpaired) electrons. The Bertz CT molecular complexity index is 934. The predicted octanol–water partition coefficient (Wildman–Crippen LogP) is 1.29. The van der Waals surface area contributed by atoms with Gasteiger partial charge in [-0.3, -0.25) is 4.79 Å². The molecule has 3 N–H and O–H groups in total. The average molecular weight is 354 g/mol. The fourth-order valence-corrected chi connectivity index (χ4v) is 2.54. The lowest BCUT2D eigenvalue weighted by atomic mass is 10.1. The third kappa shape index (κ3) is 3.86. The number of carboxylic acids is 1. The zero-order valence-electron chi connectivity index (χ0n) is 13.9. The van der Waals surface area contributed by atoms with Gasteiger partial charge in [-0.1, -0.05) is 17.3 Å². The number of hydrogen-bond donors (Lipinski definition) is 3. The number of nitrogens with zero attached hydrogens (tertiary/aromatic N) is 3. The van der Waals surface area contributed by atoms with Crippen molar-refractivity contribution in [1.29, 1.82) is 0 Å². The Balaban J connectivity index is 1.76. The number of aliphatic hydroxyl groups excluding tert-OH is 1. The van der Waals surface area contributed by atoms with Crippen LogP contribution < -0.4 is 5.32 Å². The minimum absolute atomic E-state index is 0.0289. The molecule has 8 heteroatoms. The van der Waals surface area contributed by atoms with E-state index in [-0.39, 0.29) is 18.1 Å². The first kappa shape index (κ1) is 17.6. The Morgan fingerprint density at radius 1 is 1.08 bits per heavy atom. The predicted molar refractivity (Wildman–Crippen MR) is 94.1 cm³/mol. The Morgan fingerprint density at radius 3 is 2.50 bits per heavy atom. The minimum atomic E-state index is -0.965. The van der Waals surface area contributed by atoms with Crippen LogP contribution in [0.2, 0.25) is 0 Å². The molecule has 0 aliphatic rings. The highest BCUT2D eigenvalue weighted by molar-refractivity contribution is 5.97. The van der Waals surface area contributed by atoms with Crippen LogP contribution in [0.15, 0.2) is 42.5 Å². The van der Waals surface area contributed by atoms with Crippen LogP contribution in [0.25, 0.3) is 11.0 Å². The molecule has 0 spiro atoms. The Morgan fingerprint density at radius 2 is 1.81 bits per heavy atom. The van der Waals surface area contributed by atoms with E-state index in [0.29, 0.717) is 30.6 Å². The number of aromatic nitrogens is 3. The second-order valence-electron chi connectivity index (χ2n) is 5.79. The monoisotopic (exact) mass is 354 g/mol. The Labute approximate surface area is 149 Å². The lowest BCUT2D eigenvalue weighted by Crippen LogP contribution is -2.24. The summed E-state index contributed by atoms with van der Waals surface area (Å²) < 4.78 is 1.69. The number of fused-ring (bicyclic) bond motifs is 1. The van der Waals surface area contributed by atoms with Gasteiger partial charge < -0.3 is 15.5 Å². The van der Waals surface area contributed by atoms with E-state index in [1.807, 2.05) is 0 Å². The lowest BCUT2D eigenvalue weighted by Gasteiger charge is -2.05. The number of nitrogens with one attached hydrogen (secondary N) is 1. The molecule has 1 amide bonds. The molecule has 0 atom stereocenters. The zero-order chi connectivity index (χ0) is 18.5. The largest absolute Gasteiger partial charge is 0.478 e. The van der Waals surface area contributed by atoms with Crippen LogP contribution in [0.3, 0.4) is 0 Å². The fraction of sp³-hybridized carbons (Fsp3) is 0.222. The van der Waals surface area contributed by atoms with Crippen LogP contribution in [-0.2, 0) is 6.54 Å². The molecule has 134 valence electrons. The van der Waals surface area contributed by atoms with Crippen LogP contribution in [0.5, 0.6) is 0 Å². The molecule has 0 saturated heterocycles. The number of aromatic carboxylic acids is 1. The first-order chi connectivity index (χ1) is 12.6. The molecule has 3 aromatic rings. The quantitative estimate of drug-likeness (QED) is 0.550. The first-order valence-electron chi connectivity index (χ1n) is 8.13. The summed E-state index contributed by atoms with van der Waals surface area (Å²) in [6.07, 6.45) is 0.505. The van der Waals surface area contributed by atoms with Gasteiger partial charge in [-0.15, -0.1) is 5.10 Å². The SMILES string of the molecule is O=C(O)c1ccc(Cn2nnc3cc(C(=O)NCCCO)ccc32)cc1. The van der Waals surface area contributed by atoms with Gasteiger partial charge in [-0.25, -0.2) is 9.48 Å². The van der Waals surface area contributed by atoms with Gasteiger partial charge in [0, 0.05) is 18.7 Å². The molecule has 0 aliphatic heterocycles. The summed E-state index contributed by atoms with van der Waals surface area (Å²) in [7, 11) is 0. The molecule has 26 heavy (non-hydrogen) atoms. The number of hydrogen-bond acceptors (Lipinski definition) is 5. The van der Waals surface area contributed by atoms with Crippen LogP contribution in [0, 0.1) is 0 Å². The van der Waals surface area contributed by atoms with Gasteiger partial charge in [-0.2, -0.15) is 0 Å². The Hall–Kier alpha value is -3.26. The third-order valence-corrected chi connectivity index (χ3v) is 3.93. The maximum atomic E-state index is 12.1. The molecule has 2 aromatic carbocycles. The van der Waals surface area contributed by atoms with Crippen LogP contribution in [0.4, 0.5) is 0 Å². The summed E-state index contributed by atoms with van der Waals surface area (Å²) in [5.41, 5.74) is 2.98. The molecule has 0 aliphatic carbocycles. The number of carbonyl (C=O) groups is 2. The number of rotatable bonds is 7. The highest BCUT2D eigenvalue weighted by Crippen LogP contribution is 2.15. The van der Waals surface area contributed by atoms with E-state index in [4.69, 9.17) is 10.2 Å². The molecule has 8 nitrogen and oxygen atoms in total. The Kier molecular flexibility index (Phi) is 5.23. The van der Waals surface area contributed by atoms with E-state index >= 15 is 0 Å². The average Bonchev–Trinajstić information content (AvgIpc) is 3.04. The van der Waals surface area contributed by atoms with Crippen molar-refractivity contribution < 1.29 is 19.8 Å². The van der Waals surface area contributed by atoms with Crippen molar-refractivity contribution in [2.24, 2.45) is 0 Å². The highest BCUT2D eigenvalue weighted by atomic mass is 16.4. The molecular weight excluding hydrogens is 336 g/mol. The molecule has 0 fully saturated rings. The zero-order valence-corrected chi connectivity index (χ0v) is 13.9. The van der Waals surface area contributed by atoms with E-state index in [1.54, 1.807) is 47.1 Å². The first-order valence-corrected chi connectivity index (χ1v) is 8.13. The lowest BCUT2D eigenvalue weighted by molar-refractivity contribution is 0.0696. The molecule has 1 aromatic heterocycles. The van der Waals surface area contributed by atoms with Crippen LogP contribution in [-0.4, -0.2) is 50.2 Å². The summed E-state index contributed by atoms with van der Waals surface area (Å²) in [4.78, 5) is 23.0. The second kappa shape index (κ2) is 7.75. The number of carboxylic acid groups (broad SMARTS) is 1. The number of aliphatic hydroxyl groups is 1. The van der Waals surface area contributed by atoms with E-state index in [1.165, 1.54) is 0 Å². The molecule has 0 saturated carbocycles. The fourth-order valence-electron chi connectivity index (χ4n) is 2.54. The molecular formula is C18H18N4O4. The van der Waals surface area contributed by atoms with Crippen LogP contribution >= 0.6 is 0 Å². The van der Waals surface area contributed by atoms with Crippen molar-refractivity contribution in [3.05, 3.63) is 59.2 Å². The highest BCUT2D eigenvalue weighted by Gasteiger charge is 2.11. The molecule has 3 rings (SSSR count). The van der Waals surface area contributed by atoms with Gasteiger partial charge in [0.1, 0.15) is 5.52 Å². The van der Waals surface area contributed by atoms with Gasteiger partial charge in [0.2, 0.25) is 0 Å². The summed E-state index contributed by atoms with van der Waals surface area (Å²) in [6, 6.07) is 11.7. The van der Waals surface area contributed by atoms with Crippen molar-refractivity contribution in [2.45, 2.75) is 13.0 Å². The number of carbonyl (C=O) groups excluding carboxylic acids is 1. The van der Waals surface area contributed by atoms with Gasteiger partial charge >= 0.3 is 5.97 Å². The molecule has 0 bridgehead atoms. The van der Waals surface area contributed by atoms with Crippen LogP contribution in [0.1, 0.15) is 32.7 Å². The van der Waals surface area contributed by atoms with Gasteiger partial charge in [0.25, 0.3) is 5.91 Å². The standard InChI is InChI=1S/C18H18N4O4/c23-9-1-8-19-17(24)14-6-7-16-15(10-14)20-21-22(16)11-12-2-4-13(5-3-12)18(25)26/h2-7,10,23H,1,8-9,11H2,(H,19,24)(H,25,26). The van der Waals surface area contributed by atoms with E-state index in [9.17, 15) is 9.59 Å². The van der Waals surface area contributed by atoms with Gasteiger partial charge in [0.05, 0.1) is 17.6 Å². The number of benzene rings is 2. The van der Waals surface area contributed by atoms with E-state index < -0.39 is 5.97 Å². The summed E-state index contributed by atoms with van der Waals surface area (Å²) >= 11 is 0. The smallest absolute Gasteiger partial charge is 0.335 e. The van der Waals surface area contributed by atoms with Crippen molar-refractivity contribution in [3.8, 4) is 0 Å². The summed E-state index contributed by atoms with van der Waals surface area (Å²) in [6.45, 7) is 0.881. The third-order valence-electron chi connectivity index (χ3n) is 3.93. The maximum absolute atomic E-state index is 12.1. The number of amides is 1. The normalized spacial score (nSPS) is 10.8. The van der Waals surface area contributed by atoms with E-state index in [2.05, 4.69) is 15.6 Å². The van der Waals surface area contributed by atoms with Gasteiger partial charge in [-0.05, 0) is 42.3 Å². The molecule has 1 heterocycles. The van der Waals surface area contributed by atoms with Crippen molar-refractivity contribution in [3.63, 3.8) is 0 Å². The maximum Gasteiger partial charge on any atom is 0.335 e. The minimum Gasteiger partial charge on any atom is -0.478 e. The van der Waals surface area contributed by atoms with Crippen molar-refractivity contribution in [1.82, 2.24) is 20.3 Å². The second-order valence-corrected chi connectivity index (χ2v) is 5.79. The van der Waals surface area contributed by atoms with Crippen molar-refractivity contribution >= 4 is 22.9 Å². The van der Waals surface area contributed by atoms with E-state index in [0.717, 1.165) is 11.1 Å². The van der Waals surface area contributed by atoms with Crippen molar-refractivity contribution in [2.75, 3.05) is 13.2 Å². The summed E-state index contributed by atoms with van der Waals surface area (Å²) in [5.74, 6) is -1.19. The van der Waals surface area contributed by atoms with Gasteiger partial charge in [0.15, 0.2) is 0 Å². The molecule has 0 unspecified atom stereocenters. The summed E-state index contributed by atoms with van der Waals surface area (Å²) in [5, 5.41) is 28.6.